The van der Waals surface area contributed by atoms with E-state index < -0.39 is 11.7 Å². The Morgan fingerprint density at radius 2 is 2.00 bits per heavy atom. The minimum atomic E-state index is -0.577. The van der Waals surface area contributed by atoms with Crippen molar-refractivity contribution >= 4 is 11.8 Å². The molecule has 0 aliphatic heterocycles. The minimum Gasteiger partial charge on any atom is -0.444 e. The SMILES string of the molecule is CCN(C)/C(=C\NC(=O)OC(C)(C)C)c1ccccc1F. The first-order valence-electron chi connectivity index (χ1n) is 6.90. The van der Waals surface area contributed by atoms with Crippen molar-refractivity contribution in [1.82, 2.24) is 10.2 Å². The molecule has 1 rings (SSSR count). The van der Waals surface area contributed by atoms with E-state index in [9.17, 15) is 9.18 Å². The third-order valence-electron chi connectivity index (χ3n) is 2.76. The summed E-state index contributed by atoms with van der Waals surface area (Å²) in [5.41, 5.74) is 0.437. The third-order valence-corrected chi connectivity index (χ3v) is 2.76. The molecule has 0 radical (unpaired) electrons. The lowest BCUT2D eigenvalue weighted by Gasteiger charge is -2.23. The molecule has 1 aromatic carbocycles. The van der Waals surface area contributed by atoms with Crippen molar-refractivity contribution in [1.29, 1.82) is 0 Å². The minimum absolute atomic E-state index is 0.338. The maximum atomic E-state index is 13.9. The van der Waals surface area contributed by atoms with Crippen LogP contribution in [0.15, 0.2) is 30.5 Å². The van der Waals surface area contributed by atoms with Crippen LogP contribution >= 0.6 is 0 Å². The molecular weight excluding hydrogens is 271 g/mol. The van der Waals surface area contributed by atoms with Crippen molar-refractivity contribution in [2.24, 2.45) is 0 Å². The molecule has 0 saturated carbocycles. The van der Waals surface area contributed by atoms with E-state index in [2.05, 4.69) is 5.32 Å². The van der Waals surface area contributed by atoms with E-state index in [1.165, 1.54) is 12.3 Å². The van der Waals surface area contributed by atoms with Gasteiger partial charge in [0.15, 0.2) is 0 Å². The first-order chi connectivity index (χ1) is 9.74. The van der Waals surface area contributed by atoms with E-state index in [1.54, 1.807) is 39.0 Å². The number of carbonyl (C=O) groups is 1. The van der Waals surface area contributed by atoms with Crippen molar-refractivity contribution in [3.63, 3.8) is 0 Å². The quantitative estimate of drug-likeness (QED) is 0.922. The number of rotatable bonds is 4. The summed E-state index contributed by atoms with van der Waals surface area (Å²) in [6.45, 7) is 7.98. The van der Waals surface area contributed by atoms with E-state index in [4.69, 9.17) is 4.74 Å². The highest BCUT2D eigenvalue weighted by atomic mass is 19.1. The first-order valence-corrected chi connectivity index (χ1v) is 6.90. The van der Waals surface area contributed by atoms with Crippen LogP contribution in [0.25, 0.3) is 5.70 Å². The molecule has 5 heteroatoms. The molecule has 116 valence electrons. The summed E-state index contributed by atoms with van der Waals surface area (Å²) in [4.78, 5) is 13.5. The monoisotopic (exact) mass is 294 g/mol. The number of nitrogens with zero attached hydrogens (tertiary/aromatic N) is 1. The largest absolute Gasteiger partial charge is 0.444 e. The van der Waals surface area contributed by atoms with Crippen LogP contribution in [0.2, 0.25) is 0 Å². The molecule has 4 nitrogen and oxygen atoms in total. The van der Waals surface area contributed by atoms with Gasteiger partial charge in [-0.15, -0.1) is 0 Å². The Balaban J connectivity index is 2.97. The van der Waals surface area contributed by atoms with E-state index >= 15 is 0 Å². The first kappa shape index (κ1) is 17.0. The van der Waals surface area contributed by atoms with Crippen molar-refractivity contribution in [3.8, 4) is 0 Å². The third kappa shape index (κ3) is 5.45. The van der Waals surface area contributed by atoms with E-state index in [0.29, 0.717) is 17.8 Å². The molecule has 0 aliphatic carbocycles. The van der Waals surface area contributed by atoms with Crippen LogP contribution in [-0.2, 0) is 4.74 Å². The zero-order chi connectivity index (χ0) is 16.0. The Bertz CT molecular complexity index is 521. The van der Waals surface area contributed by atoms with Gasteiger partial charge >= 0.3 is 6.09 Å². The molecular formula is C16H23FN2O2. The van der Waals surface area contributed by atoms with Crippen molar-refractivity contribution in [3.05, 3.63) is 41.8 Å². The molecule has 21 heavy (non-hydrogen) atoms. The Labute approximate surface area is 125 Å². The van der Waals surface area contributed by atoms with Gasteiger partial charge in [-0.05, 0) is 39.8 Å². The van der Waals surface area contributed by atoms with Crippen LogP contribution in [0.1, 0.15) is 33.3 Å². The Morgan fingerprint density at radius 1 is 1.38 bits per heavy atom. The van der Waals surface area contributed by atoms with Gasteiger partial charge in [0.05, 0.1) is 5.70 Å². The molecule has 0 heterocycles. The zero-order valence-corrected chi connectivity index (χ0v) is 13.2. The summed E-state index contributed by atoms with van der Waals surface area (Å²) in [5.74, 6) is -0.338. The van der Waals surface area contributed by atoms with Crippen LogP contribution < -0.4 is 5.32 Å². The van der Waals surface area contributed by atoms with Crippen LogP contribution in [0, 0.1) is 5.82 Å². The number of carbonyl (C=O) groups excluding carboxylic acids is 1. The summed E-state index contributed by atoms with van der Waals surface area (Å²) < 4.78 is 19.1. The topological polar surface area (TPSA) is 41.6 Å². The number of amides is 1. The number of ether oxygens (including phenoxy) is 1. The molecule has 0 aliphatic rings. The molecule has 0 aromatic heterocycles. The predicted molar refractivity (Wildman–Crippen MR) is 82.1 cm³/mol. The highest BCUT2D eigenvalue weighted by Gasteiger charge is 2.16. The van der Waals surface area contributed by atoms with E-state index in [-0.39, 0.29) is 5.82 Å². The van der Waals surface area contributed by atoms with Crippen molar-refractivity contribution in [2.75, 3.05) is 13.6 Å². The van der Waals surface area contributed by atoms with E-state index in [1.807, 2.05) is 18.9 Å². The summed E-state index contributed by atoms with van der Waals surface area (Å²) in [6.07, 6.45) is 0.900. The maximum absolute atomic E-state index is 13.9. The second kappa shape index (κ2) is 7.11. The molecule has 0 fully saturated rings. The number of hydrogen-bond donors (Lipinski definition) is 1. The number of halogens is 1. The second-order valence-electron chi connectivity index (χ2n) is 5.67. The normalized spacial score (nSPS) is 12.0. The molecule has 1 aromatic rings. The molecule has 0 saturated heterocycles. The second-order valence-corrected chi connectivity index (χ2v) is 5.67. The number of benzene rings is 1. The summed E-state index contributed by atoms with van der Waals surface area (Å²) in [6, 6.07) is 6.44. The fourth-order valence-corrected chi connectivity index (χ4v) is 1.67. The summed E-state index contributed by atoms with van der Waals surface area (Å²) in [7, 11) is 1.83. The summed E-state index contributed by atoms with van der Waals surface area (Å²) >= 11 is 0. The van der Waals surface area contributed by atoms with Crippen LogP contribution in [0.3, 0.4) is 0 Å². The molecule has 0 spiro atoms. The van der Waals surface area contributed by atoms with Gasteiger partial charge in [-0.1, -0.05) is 12.1 Å². The van der Waals surface area contributed by atoms with Gasteiger partial charge in [-0.3, -0.25) is 5.32 Å². The van der Waals surface area contributed by atoms with Gasteiger partial charge < -0.3 is 9.64 Å². The van der Waals surface area contributed by atoms with Gasteiger partial charge in [-0.2, -0.15) is 0 Å². The molecule has 0 unspecified atom stereocenters. The Hall–Kier alpha value is -2.04. The fraction of sp³-hybridized carbons (Fsp3) is 0.438. The van der Waals surface area contributed by atoms with Gasteiger partial charge in [0.25, 0.3) is 0 Å². The molecule has 0 atom stereocenters. The molecule has 1 N–H and O–H groups in total. The predicted octanol–water partition coefficient (Wildman–Crippen LogP) is 3.60. The van der Waals surface area contributed by atoms with Gasteiger partial charge in [0, 0.05) is 25.4 Å². The average Bonchev–Trinajstić information content (AvgIpc) is 2.38. The number of nitrogens with one attached hydrogen (secondary N) is 1. The zero-order valence-electron chi connectivity index (χ0n) is 13.2. The lowest BCUT2D eigenvalue weighted by atomic mass is 10.1. The summed E-state index contributed by atoms with van der Waals surface area (Å²) in [5, 5.41) is 2.55. The van der Waals surface area contributed by atoms with Gasteiger partial charge in [0.1, 0.15) is 11.4 Å². The maximum Gasteiger partial charge on any atom is 0.411 e. The van der Waals surface area contributed by atoms with Crippen molar-refractivity contribution < 1.29 is 13.9 Å². The number of hydrogen-bond acceptors (Lipinski definition) is 3. The van der Waals surface area contributed by atoms with Crippen LogP contribution in [0.4, 0.5) is 9.18 Å². The Kier molecular flexibility index (Phi) is 5.76. The van der Waals surface area contributed by atoms with Crippen LogP contribution in [0.5, 0.6) is 0 Å². The molecule has 0 bridgehead atoms. The Morgan fingerprint density at radius 3 is 2.52 bits per heavy atom. The lowest BCUT2D eigenvalue weighted by Crippen LogP contribution is -2.30. The van der Waals surface area contributed by atoms with Crippen LogP contribution in [-0.4, -0.2) is 30.2 Å². The highest BCUT2D eigenvalue weighted by Crippen LogP contribution is 2.20. The van der Waals surface area contributed by atoms with Gasteiger partial charge in [0.2, 0.25) is 0 Å². The molecule has 1 amide bonds. The lowest BCUT2D eigenvalue weighted by molar-refractivity contribution is 0.0552. The van der Waals surface area contributed by atoms with Crippen molar-refractivity contribution in [2.45, 2.75) is 33.3 Å². The average molecular weight is 294 g/mol. The fourth-order valence-electron chi connectivity index (χ4n) is 1.67. The smallest absolute Gasteiger partial charge is 0.411 e. The standard InChI is InChI=1S/C16H23FN2O2/c1-6-19(5)14(12-9-7-8-10-13(12)17)11-18-15(20)21-16(2,3)4/h7-11H,6H2,1-5H3,(H,18,20)/b14-11-. The number of alkyl carbamates (subject to hydrolysis) is 1. The van der Waals surface area contributed by atoms with Gasteiger partial charge in [-0.25, -0.2) is 9.18 Å². The van der Waals surface area contributed by atoms with E-state index in [0.717, 1.165) is 0 Å². The highest BCUT2D eigenvalue weighted by molar-refractivity contribution is 5.73.